The van der Waals surface area contributed by atoms with Crippen molar-refractivity contribution in [3.63, 3.8) is 0 Å². The van der Waals surface area contributed by atoms with Crippen LogP contribution in [0.2, 0.25) is 0 Å². The van der Waals surface area contributed by atoms with Crippen LogP contribution < -0.4 is 5.76 Å². The lowest BCUT2D eigenvalue weighted by Gasteiger charge is -1.71. The van der Waals surface area contributed by atoms with E-state index < -0.39 is 5.76 Å². The zero-order valence-electron chi connectivity index (χ0n) is 5.29. The average molecular weight is 139 g/mol. The zero-order chi connectivity index (χ0) is 7.14. The highest BCUT2D eigenvalue weighted by molar-refractivity contribution is 5.35. The molecule has 1 N–H and O–H groups in total. The maximum Gasteiger partial charge on any atom is 0.461 e. The third-order valence-electron chi connectivity index (χ3n) is 1.25. The number of nitrogens with one attached hydrogen (secondary N) is 1. The Hall–Kier alpha value is -1.52. The Morgan fingerprint density at radius 3 is 3.30 bits per heavy atom. The summed E-state index contributed by atoms with van der Waals surface area (Å²) in [4.78, 5) is 10.7. The molecule has 0 aromatic carbocycles. The molecule has 2 aromatic rings. The topological polar surface area (TPSA) is 63.3 Å². The minimum atomic E-state index is -0.483. The molecule has 0 unspecified atom stereocenters. The van der Waals surface area contributed by atoms with Crippen molar-refractivity contribution in [1.29, 1.82) is 0 Å². The SMILES string of the molecule is Cc1cc2[nH]oc(=O)n2n1. The molecule has 0 fully saturated rings. The van der Waals surface area contributed by atoms with Gasteiger partial charge < -0.3 is 4.52 Å². The lowest BCUT2D eigenvalue weighted by Crippen LogP contribution is -2.05. The standard InChI is InChI=1S/C5H5N3O2/c1-3-2-4-7-10-5(9)8(4)6-3/h2,7H,1H3. The smallest absolute Gasteiger partial charge is 0.321 e. The van der Waals surface area contributed by atoms with Gasteiger partial charge in [-0.3, -0.25) is 0 Å². The van der Waals surface area contributed by atoms with Gasteiger partial charge >= 0.3 is 5.76 Å². The van der Waals surface area contributed by atoms with Crippen molar-refractivity contribution in [2.24, 2.45) is 0 Å². The minimum Gasteiger partial charge on any atom is -0.321 e. The Bertz CT molecular complexity index is 408. The van der Waals surface area contributed by atoms with Crippen molar-refractivity contribution >= 4 is 5.65 Å². The van der Waals surface area contributed by atoms with Gasteiger partial charge in [0.05, 0.1) is 5.69 Å². The Labute approximate surface area is 55.2 Å². The molecule has 0 aliphatic rings. The fraction of sp³-hybridized carbons (Fsp3) is 0.200. The predicted octanol–water partition coefficient (Wildman–Crippen LogP) is -0.0760. The van der Waals surface area contributed by atoms with Crippen molar-refractivity contribution in [2.45, 2.75) is 6.92 Å². The van der Waals surface area contributed by atoms with Gasteiger partial charge in [-0.1, -0.05) is 0 Å². The molecule has 2 rings (SSSR count). The number of rotatable bonds is 0. The summed E-state index contributed by atoms with van der Waals surface area (Å²) in [7, 11) is 0. The Morgan fingerprint density at radius 2 is 2.60 bits per heavy atom. The van der Waals surface area contributed by atoms with E-state index in [2.05, 4.69) is 14.8 Å². The highest BCUT2D eigenvalue weighted by atomic mass is 16.5. The number of aromatic nitrogens is 3. The molecule has 5 heteroatoms. The Morgan fingerprint density at radius 1 is 1.80 bits per heavy atom. The quantitative estimate of drug-likeness (QED) is 0.555. The molecule has 2 heterocycles. The summed E-state index contributed by atoms with van der Waals surface area (Å²) >= 11 is 0. The maximum atomic E-state index is 10.7. The first-order valence-electron chi connectivity index (χ1n) is 2.81. The molecule has 0 saturated heterocycles. The number of nitrogens with zero attached hydrogens (tertiary/aromatic N) is 2. The van der Waals surface area contributed by atoms with Crippen LogP contribution >= 0.6 is 0 Å². The van der Waals surface area contributed by atoms with E-state index in [0.29, 0.717) is 5.65 Å². The van der Waals surface area contributed by atoms with E-state index in [1.165, 1.54) is 4.52 Å². The van der Waals surface area contributed by atoms with Crippen LogP contribution in [-0.2, 0) is 0 Å². The third kappa shape index (κ3) is 0.513. The molecule has 10 heavy (non-hydrogen) atoms. The van der Waals surface area contributed by atoms with Gasteiger partial charge in [-0.2, -0.15) is 10.3 Å². The van der Waals surface area contributed by atoms with E-state index in [9.17, 15) is 4.79 Å². The van der Waals surface area contributed by atoms with Crippen LogP contribution in [0.25, 0.3) is 5.65 Å². The molecule has 0 aliphatic carbocycles. The lowest BCUT2D eigenvalue weighted by molar-refractivity contribution is 0.383. The first-order chi connectivity index (χ1) is 4.77. The molecule has 5 nitrogen and oxygen atoms in total. The van der Waals surface area contributed by atoms with E-state index >= 15 is 0 Å². The number of fused-ring (bicyclic) bond motifs is 1. The summed E-state index contributed by atoms with van der Waals surface area (Å²) < 4.78 is 5.61. The van der Waals surface area contributed by atoms with Crippen LogP contribution in [0.15, 0.2) is 15.4 Å². The van der Waals surface area contributed by atoms with Crippen LogP contribution in [0, 0.1) is 6.92 Å². The van der Waals surface area contributed by atoms with Crippen molar-refractivity contribution in [3.05, 3.63) is 22.3 Å². The summed E-state index contributed by atoms with van der Waals surface area (Å²) in [5.74, 6) is -0.483. The summed E-state index contributed by atoms with van der Waals surface area (Å²) in [6.07, 6.45) is 0. The van der Waals surface area contributed by atoms with Crippen molar-refractivity contribution in [2.75, 3.05) is 0 Å². The number of aromatic amines is 1. The number of H-pyrrole nitrogens is 1. The van der Waals surface area contributed by atoms with Crippen LogP contribution in [0.5, 0.6) is 0 Å². The van der Waals surface area contributed by atoms with Gasteiger partial charge in [-0.05, 0) is 6.92 Å². The molecule has 0 radical (unpaired) electrons. The van der Waals surface area contributed by atoms with Crippen LogP contribution in [0.1, 0.15) is 5.69 Å². The van der Waals surface area contributed by atoms with Crippen molar-refractivity contribution in [3.8, 4) is 0 Å². The van der Waals surface area contributed by atoms with E-state index in [1.54, 1.807) is 13.0 Å². The fourth-order valence-corrected chi connectivity index (χ4v) is 0.851. The summed E-state index contributed by atoms with van der Waals surface area (Å²) in [6, 6.07) is 1.73. The third-order valence-corrected chi connectivity index (χ3v) is 1.25. The molecular weight excluding hydrogens is 134 g/mol. The van der Waals surface area contributed by atoms with Gasteiger partial charge in [-0.25, -0.2) is 4.79 Å². The Kier molecular flexibility index (Phi) is 0.791. The number of hydrogen-bond acceptors (Lipinski definition) is 3. The summed E-state index contributed by atoms with van der Waals surface area (Å²) in [5.41, 5.74) is 1.38. The number of aryl methyl sites for hydroxylation is 1. The highest BCUT2D eigenvalue weighted by Gasteiger charge is 2.02. The molecule has 2 aromatic heterocycles. The molecule has 0 spiro atoms. The zero-order valence-corrected chi connectivity index (χ0v) is 5.29. The monoisotopic (exact) mass is 139 g/mol. The van der Waals surface area contributed by atoms with Gasteiger partial charge in [0.15, 0.2) is 5.65 Å². The second-order valence-electron chi connectivity index (χ2n) is 2.05. The largest absolute Gasteiger partial charge is 0.461 e. The normalized spacial score (nSPS) is 10.9. The molecule has 0 saturated carbocycles. The minimum absolute atomic E-state index is 0.483. The second kappa shape index (κ2) is 1.50. The highest BCUT2D eigenvalue weighted by Crippen LogP contribution is 1.97. The van der Waals surface area contributed by atoms with Crippen LogP contribution in [0.3, 0.4) is 0 Å². The van der Waals surface area contributed by atoms with E-state index in [4.69, 9.17) is 0 Å². The molecule has 0 amide bonds. The van der Waals surface area contributed by atoms with E-state index in [0.717, 1.165) is 5.69 Å². The second-order valence-corrected chi connectivity index (χ2v) is 2.05. The number of hydrogen-bond donors (Lipinski definition) is 1. The first-order valence-corrected chi connectivity index (χ1v) is 2.81. The molecule has 52 valence electrons. The molecular formula is C5H5N3O2. The van der Waals surface area contributed by atoms with Gasteiger partial charge in [0, 0.05) is 6.07 Å². The van der Waals surface area contributed by atoms with Gasteiger partial charge in [-0.15, -0.1) is 4.52 Å². The van der Waals surface area contributed by atoms with Crippen molar-refractivity contribution < 1.29 is 4.52 Å². The van der Waals surface area contributed by atoms with Gasteiger partial charge in [0.25, 0.3) is 0 Å². The van der Waals surface area contributed by atoms with Gasteiger partial charge in [0.1, 0.15) is 0 Å². The van der Waals surface area contributed by atoms with Crippen molar-refractivity contribution in [1.82, 2.24) is 14.8 Å². The summed E-state index contributed by atoms with van der Waals surface area (Å²) in [6.45, 7) is 1.81. The van der Waals surface area contributed by atoms with E-state index in [1.807, 2.05) is 0 Å². The maximum absolute atomic E-state index is 10.7. The van der Waals surface area contributed by atoms with Crippen LogP contribution in [0.4, 0.5) is 0 Å². The molecule has 0 bridgehead atoms. The van der Waals surface area contributed by atoms with Gasteiger partial charge in [0.2, 0.25) is 0 Å². The molecule has 0 aliphatic heterocycles. The fourth-order valence-electron chi connectivity index (χ4n) is 0.851. The lowest BCUT2D eigenvalue weighted by atomic mass is 10.5. The average Bonchev–Trinajstić information content (AvgIpc) is 2.35. The Balaban J connectivity index is 3.03. The predicted molar refractivity (Wildman–Crippen MR) is 32.8 cm³/mol. The summed E-state index contributed by atoms with van der Waals surface area (Å²) in [5, 5.41) is 6.27. The van der Waals surface area contributed by atoms with E-state index in [-0.39, 0.29) is 0 Å². The first kappa shape index (κ1) is 5.28. The van der Waals surface area contributed by atoms with Crippen LogP contribution in [-0.4, -0.2) is 14.8 Å². The molecule has 0 atom stereocenters.